The van der Waals surface area contributed by atoms with E-state index in [4.69, 9.17) is 0 Å². The van der Waals surface area contributed by atoms with Gasteiger partial charge in [0, 0.05) is 25.6 Å². The standard InChI is InChI=1S/C28H38FN3O4S/c1-4-25(28(34)30-23-13-5-6-14-23)31(20-22-12-9-11-21(2)19-22)27(33)17-10-18-32(37(3,35)36)26-16-8-7-15-24(26)29/h7-9,11-12,15-16,19,23,25H,4-6,10,13-14,17-18,20H2,1-3H3,(H,30,34)/t25-/m0/s1. The first-order chi connectivity index (χ1) is 17.6. The average molecular weight is 532 g/mol. The van der Waals surface area contributed by atoms with E-state index in [-0.39, 0.29) is 49.5 Å². The Labute approximate surface area is 220 Å². The number of hydrogen-bond donors (Lipinski definition) is 1. The number of nitrogens with zero attached hydrogens (tertiary/aromatic N) is 2. The van der Waals surface area contributed by atoms with Crippen LogP contribution in [0, 0.1) is 12.7 Å². The molecule has 0 heterocycles. The van der Waals surface area contributed by atoms with E-state index in [2.05, 4.69) is 5.32 Å². The Morgan fingerprint density at radius 1 is 1.11 bits per heavy atom. The van der Waals surface area contributed by atoms with Gasteiger partial charge in [-0.1, -0.05) is 61.7 Å². The molecule has 0 unspecified atom stereocenters. The number of sulfonamides is 1. The quantitative estimate of drug-likeness (QED) is 0.436. The molecule has 1 atom stereocenters. The van der Waals surface area contributed by atoms with E-state index in [9.17, 15) is 22.4 Å². The van der Waals surface area contributed by atoms with E-state index in [0.29, 0.717) is 6.42 Å². The highest BCUT2D eigenvalue weighted by Gasteiger charge is 2.31. The first-order valence-electron chi connectivity index (χ1n) is 13.0. The van der Waals surface area contributed by atoms with Crippen molar-refractivity contribution >= 4 is 27.5 Å². The summed E-state index contributed by atoms with van der Waals surface area (Å²) in [7, 11) is -3.76. The Balaban J connectivity index is 1.76. The molecular formula is C28H38FN3O4S. The van der Waals surface area contributed by atoms with Crippen molar-refractivity contribution in [2.24, 2.45) is 0 Å². The third-order valence-electron chi connectivity index (χ3n) is 6.80. The summed E-state index contributed by atoms with van der Waals surface area (Å²) in [5, 5.41) is 3.12. The average Bonchev–Trinajstić information content (AvgIpc) is 3.34. The lowest BCUT2D eigenvalue weighted by atomic mass is 10.1. The van der Waals surface area contributed by atoms with Crippen molar-refractivity contribution in [1.82, 2.24) is 10.2 Å². The van der Waals surface area contributed by atoms with E-state index in [0.717, 1.165) is 47.4 Å². The van der Waals surface area contributed by atoms with E-state index >= 15 is 0 Å². The van der Waals surface area contributed by atoms with Gasteiger partial charge in [0.15, 0.2) is 0 Å². The molecule has 1 fully saturated rings. The summed E-state index contributed by atoms with van der Waals surface area (Å²) in [6, 6.07) is 13.0. The predicted molar refractivity (Wildman–Crippen MR) is 144 cm³/mol. The molecule has 37 heavy (non-hydrogen) atoms. The highest BCUT2D eigenvalue weighted by atomic mass is 32.2. The molecule has 1 aliphatic carbocycles. The first kappa shape index (κ1) is 28.6. The van der Waals surface area contributed by atoms with Crippen LogP contribution in [-0.2, 0) is 26.2 Å². The first-order valence-corrected chi connectivity index (χ1v) is 14.8. The van der Waals surface area contributed by atoms with Crippen LogP contribution in [0.25, 0.3) is 0 Å². The third kappa shape index (κ3) is 8.02. The molecule has 2 aromatic rings. The summed E-state index contributed by atoms with van der Waals surface area (Å²) in [6.45, 7) is 4.09. The van der Waals surface area contributed by atoms with Gasteiger partial charge in [-0.2, -0.15) is 0 Å². The minimum absolute atomic E-state index is 0.0273. The molecule has 1 saturated carbocycles. The van der Waals surface area contributed by atoms with Crippen LogP contribution in [0.2, 0.25) is 0 Å². The van der Waals surface area contributed by atoms with Crippen molar-refractivity contribution in [3.8, 4) is 0 Å². The maximum atomic E-state index is 14.3. The van der Waals surface area contributed by atoms with Crippen molar-refractivity contribution in [3.05, 3.63) is 65.5 Å². The lowest BCUT2D eigenvalue weighted by Crippen LogP contribution is -2.51. The topological polar surface area (TPSA) is 86.8 Å². The summed E-state index contributed by atoms with van der Waals surface area (Å²) < 4.78 is 40.1. The van der Waals surface area contributed by atoms with Gasteiger partial charge >= 0.3 is 0 Å². The molecule has 0 spiro atoms. The monoisotopic (exact) mass is 531 g/mol. The fourth-order valence-electron chi connectivity index (χ4n) is 4.93. The number of halogens is 1. The number of carbonyl (C=O) groups is 2. The predicted octanol–water partition coefficient (Wildman–Crippen LogP) is 4.55. The Hall–Kier alpha value is -2.94. The molecular weight excluding hydrogens is 493 g/mol. The molecule has 0 aromatic heterocycles. The SMILES string of the molecule is CC[C@@H](C(=O)NC1CCCC1)N(Cc1cccc(C)c1)C(=O)CCCN(c1ccccc1F)S(C)(=O)=O. The van der Waals surface area contributed by atoms with Crippen LogP contribution in [0.3, 0.4) is 0 Å². The second-order valence-corrected chi connectivity index (χ2v) is 11.7. The molecule has 1 N–H and O–H groups in total. The minimum atomic E-state index is -3.76. The maximum Gasteiger partial charge on any atom is 0.243 e. The van der Waals surface area contributed by atoms with Crippen molar-refractivity contribution in [2.45, 2.75) is 77.4 Å². The van der Waals surface area contributed by atoms with Gasteiger partial charge in [0.25, 0.3) is 0 Å². The number of nitrogens with one attached hydrogen (secondary N) is 1. The molecule has 3 rings (SSSR count). The van der Waals surface area contributed by atoms with Gasteiger partial charge in [-0.25, -0.2) is 12.8 Å². The van der Waals surface area contributed by atoms with Gasteiger partial charge < -0.3 is 10.2 Å². The van der Waals surface area contributed by atoms with Crippen LogP contribution in [-0.4, -0.2) is 50.0 Å². The zero-order chi connectivity index (χ0) is 27.0. The number of amides is 2. The summed E-state index contributed by atoms with van der Waals surface area (Å²) in [6.07, 6.45) is 5.77. The molecule has 202 valence electrons. The van der Waals surface area contributed by atoms with E-state index < -0.39 is 21.9 Å². The Kier molecular flexibility index (Phi) is 10.1. The Morgan fingerprint density at radius 2 is 1.81 bits per heavy atom. The van der Waals surface area contributed by atoms with Gasteiger partial charge in [-0.15, -0.1) is 0 Å². The second-order valence-electron chi connectivity index (χ2n) is 9.81. The third-order valence-corrected chi connectivity index (χ3v) is 7.98. The normalized spacial score (nSPS) is 14.8. The van der Waals surface area contributed by atoms with Crippen molar-refractivity contribution in [3.63, 3.8) is 0 Å². The Morgan fingerprint density at radius 3 is 2.43 bits per heavy atom. The number of rotatable bonds is 12. The fraction of sp³-hybridized carbons (Fsp3) is 0.500. The molecule has 2 aromatic carbocycles. The van der Waals surface area contributed by atoms with Crippen LogP contribution in [0.1, 0.15) is 63.0 Å². The van der Waals surface area contributed by atoms with Crippen LogP contribution in [0.15, 0.2) is 48.5 Å². The van der Waals surface area contributed by atoms with Gasteiger partial charge in [0.1, 0.15) is 11.9 Å². The molecule has 0 saturated heterocycles. The second kappa shape index (κ2) is 13.0. The number of aryl methyl sites for hydroxylation is 1. The zero-order valence-electron chi connectivity index (χ0n) is 22.0. The van der Waals surface area contributed by atoms with Gasteiger partial charge in [0.2, 0.25) is 21.8 Å². The molecule has 7 nitrogen and oxygen atoms in total. The molecule has 0 radical (unpaired) electrons. The van der Waals surface area contributed by atoms with Gasteiger partial charge in [0.05, 0.1) is 11.9 Å². The maximum absolute atomic E-state index is 14.3. The fourth-order valence-corrected chi connectivity index (χ4v) is 5.90. The molecule has 0 bridgehead atoms. The lowest BCUT2D eigenvalue weighted by Gasteiger charge is -2.32. The number of anilines is 1. The van der Waals surface area contributed by atoms with Gasteiger partial charge in [-0.05, 0) is 50.3 Å². The van der Waals surface area contributed by atoms with Crippen molar-refractivity contribution in [1.29, 1.82) is 0 Å². The molecule has 1 aliphatic rings. The number of hydrogen-bond acceptors (Lipinski definition) is 4. The van der Waals surface area contributed by atoms with Crippen molar-refractivity contribution < 1.29 is 22.4 Å². The van der Waals surface area contributed by atoms with E-state index in [1.54, 1.807) is 11.0 Å². The molecule has 9 heteroatoms. The highest BCUT2D eigenvalue weighted by Crippen LogP contribution is 2.23. The van der Waals surface area contributed by atoms with Crippen LogP contribution in [0.5, 0.6) is 0 Å². The van der Waals surface area contributed by atoms with E-state index in [1.165, 1.54) is 18.2 Å². The molecule has 0 aliphatic heterocycles. The summed E-state index contributed by atoms with van der Waals surface area (Å²) in [4.78, 5) is 28.4. The number of benzene rings is 2. The van der Waals surface area contributed by atoms with Crippen LogP contribution in [0.4, 0.5) is 10.1 Å². The Bertz CT molecular complexity index is 1180. The largest absolute Gasteiger partial charge is 0.352 e. The van der Waals surface area contributed by atoms with Crippen molar-refractivity contribution in [2.75, 3.05) is 17.1 Å². The smallest absolute Gasteiger partial charge is 0.243 e. The number of carbonyl (C=O) groups excluding carboxylic acids is 2. The van der Waals surface area contributed by atoms with E-state index in [1.807, 2.05) is 38.1 Å². The van der Waals surface area contributed by atoms with Crippen LogP contribution < -0.4 is 9.62 Å². The summed E-state index contributed by atoms with van der Waals surface area (Å²) >= 11 is 0. The number of para-hydroxylation sites is 1. The summed E-state index contributed by atoms with van der Waals surface area (Å²) in [5.41, 5.74) is 1.93. The highest BCUT2D eigenvalue weighted by molar-refractivity contribution is 7.92. The van der Waals surface area contributed by atoms with Crippen LogP contribution >= 0.6 is 0 Å². The minimum Gasteiger partial charge on any atom is -0.352 e. The van der Waals surface area contributed by atoms with Gasteiger partial charge in [-0.3, -0.25) is 13.9 Å². The zero-order valence-corrected chi connectivity index (χ0v) is 22.8. The lowest BCUT2D eigenvalue weighted by molar-refractivity contribution is -0.141. The molecule has 2 amide bonds. The summed E-state index contributed by atoms with van der Waals surface area (Å²) in [5.74, 6) is -1.04.